The molecule has 0 saturated carbocycles. The van der Waals surface area contributed by atoms with E-state index in [1.54, 1.807) is 17.4 Å². The van der Waals surface area contributed by atoms with Gasteiger partial charge in [-0.25, -0.2) is 4.98 Å². The highest BCUT2D eigenvalue weighted by atomic mass is 35.5. The molecule has 0 aliphatic carbocycles. The third-order valence-corrected chi connectivity index (χ3v) is 4.15. The van der Waals surface area contributed by atoms with Crippen molar-refractivity contribution < 1.29 is 0 Å². The molecule has 0 radical (unpaired) electrons. The third kappa shape index (κ3) is 2.80. The lowest BCUT2D eigenvalue weighted by molar-refractivity contribution is 1.40. The summed E-state index contributed by atoms with van der Waals surface area (Å²) < 4.78 is 0. The van der Waals surface area contributed by atoms with Crippen LogP contribution in [0.1, 0.15) is 0 Å². The summed E-state index contributed by atoms with van der Waals surface area (Å²) in [7, 11) is 0. The third-order valence-electron chi connectivity index (χ3n) is 2.82. The first-order valence-electron chi connectivity index (χ1n) is 5.90. The van der Waals surface area contributed by atoms with E-state index in [9.17, 15) is 0 Å². The number of nitrogens with two attached hydrogens (primary N) is 1. The highest BCUT2D eigenvalue weighted by molar-refractivity contribution is 7.13. The Morgan fingerprint density at radius 2 is 1.55 bits per heavy atom. The molecule has 2 N–H and O–H groups in total. The fraction of sp³-hybridized carbons (Fsp3) is 0. The Morgan fingerprint density at radius 3 is 2.20 bits per heavy atom. The van der Waals surface area contributed by atoms with Gasteiger partial charge in [-0.05, 0) is 30.3 Å². The lowest BCUT2D eigenvalue weighted by atomic mass is 10.1. The minimum absolute atomic E-state index is 0.608. The van der Waals surface area contributed by atoms with Crippen LogP contribution in [0.5, 0.6) is 0 Å². The van der Waals surface area contributed by atoms with Gasteiger partial charge >= 0.3 is 0 Å². The first kappa shape index (κ1) is 13.4. The fourth-order valence-electron chi connectivity index (χ4n) is 1.87. The Morgan fingerprint density at radius 1 is 0.900 bits per heavy atom. The van der Waals surface area contributed by atoms with E-state index in [-0.39, 0.29) is 0 Å². The van der Waals surface area contributed by atoms with Crippen molar-refractivity contribution in [3.8, 4) is 21.8 Å². The van der Waals surface area contributed by atoms with E-state index in [2.05, 4.69) is 4.98 Å². The number of thiazole rings is 1. The number of anilines is 1. The number of rotatable bonds is 2. The molecule has 0 aliphatic rings. The smallest absolute Gasteiger partial charge is 0.124 e. The number of hydrogen-bond donors (Lipinski definition) is 1. The summed E-state index contributed by atoms with van der Waals surface area (Å²) in [6, 6.07) is 13.1. The standard InChI is InChI=1S/C15H10Cl2N2S/c16-11-5-10(6-12(17)7-11)15-19-14(8-20-15)9-1-3-13(18)4-2-9/h1-8H,18H2. The number of nitrogen functional groups attached to an aromatic ring is 1. The molecule has 5 heteroatoms. The molecule has 2 nitrogen and oxygen atoms in total. The molecule has 20 heavy (non-hydrogen) atoms. The van der Waals surface area contributed by atoms with E-state index >= 15 is 0 Å². The minimum Gasteiger partial charge on any atom is -0.399 e. The van der Waals surface area contributed by atoms with E-state index in [0.29, 0.717) is 10.0 Å². The maximum atomic E-state index is 6.02. The molecule has 3 aromatic rings. The van der Waals surface area contributed by atoms with Crippen LogP contribution in [0.3, 0.4) is 0 Å². The number of benzene rings is 2. The maximum Gasteiger partial charge on any atom is 0.124 e. The molecular formula is C15H10Cl2N2S. The molecular weight excluding hydrogens is 311 g/mol. The second-order valence-electron chi connectivity index (χ2n) is 4.32. The zero-order chi connectivity index (χ0) is 14.1. The predicted octanol–water partition coefficient (Wildman–Crippen LogP) is 5.37. The van der Waals surface area contributed by atoms with Gasteiger partial charge in [0.05, 0.1) is 5.69 Å². The van der Waals surface area contributed by atoms with E-state index in [4.69, 9.17) is 28.9 Å². The van der Waals surface area contributed by atoms with Gasteiger partial charge in [0, 0.05) is 32.2 Å². The zero-order valence-electron chi connectivity index (χ0n) is 10.3. The summed E-state index contributed by atoms with van der Waals surface area (Å²) >= 11 is 13.6. The monoisotopic (exact) mass is 320 g/mol. The Hall–Kier alpha value is -1.55. The number of hydrogen-bond acceptors (Lipinski definition) is 3. The molecule has 2 aromatic carbocycles. The van der Waals surface area contributed by atoms with Crippen molar-refractivity contribution in [1.82, 2.24) is 4.98 Å². The molecule has 0 fully saturated rings. The molecule has 0 amide bonds. The highest BCUT2D eigenvalue weighted by Gasteiger charge is 2.08. The van der Waals surface area contributed by atoms with Crippen LogP contribution < -0.4 is 5.73 Å². The summed E-state index contributed by atoms with van der Waals surface area (Å²) in [6.45, 7) is 0. The Balaban J connectivity index is 1.99. The molecule has 100 valence electrons. The summed E-state index contributed by atoms with van der Waals surface area (Å²) in [5.41, 5.74) is 9.31. The fourth-order valence-corrected chi connectivity index (χ4v) is 3.21. The molecule has 0 aliphatic heterocycles. The van der Waals surface area contributed by atoms with Crippen LogP contribution in [0.2, 0.25) is 10.0 Å². The SMILES string of the molecule is Nc1ccc(-c2csc(-c3cc(Cl)cc(Cl)c3)n2)cc1. The first-order valence-corrected chi connectivity index (χ1v) is 7.53. The first-order chi connectivity index (χ1) is 9.61. The highest BCUT2D eigenvalue weighted by Crippen LogP contribution is 2.32. The molecule has 0 bridgehead atoms. The second-order valence-corrected chi connectivity index (χ2v) is 6.05. The average molecular weight is 321 g/mol. The Bertz CT molecular complexity index is 731. The van der Waals surface area contributed by atoms with Gasteiger partial charge in [-0.1, -0.05) is 35.3 Å². The van der Waals surface area contributed by atoms with Crippen LogP contribution in [-0.4, -0.2) is 4.98 Å². The van der Waals surface area contributed by atoms with Crippen molar-refractivity contribution in [3.63, 3.8) is 0 Å². The van der Waals surface area contributed by atoms with Crippen LogP contribution in [-0.2, 0) is 0 Å². The van der Waals surface area contributed by atoms with Crippen LogP contribution in [0.15, 0.2) is 47.8 Å². The van der Waals surface area contributed by atoms with Gasteiger partial charge in [0.1, 0.15) is 5.01 Å². The number of nitrogens with zero attached hydrogens (tertiary/aromatic N) is 1. The van der Waals surface area contributed by atoms with Crippen molar-refractivity contribution in [2.75, 3.05) is 5.73 Å². The van der Waals surface area contributed by atoms with Crippen LogP contribution in [0.4, 0.5) is 5.69 Å². The molecule has 0 unspecified atom stereocenters. The van der Waals surface area contributed by atoms with Crippen molar-refractivity contribution in [2.45, 2.75) is 0 Å². The molecule has 0 saturated heterocycles. The van der Waals surface area contributed by atoms with Gasteiger partial charge in [0.15, 0.2) is 0 Å². The van der Waals surface area contributed by atoms with Gasteiger partial charge in [-0.15, -0.1) is 11.3 Å². The van der Waals surface area contributed by atoms with Crippen molar-refractivity contribution in [1.29, 1.82) is 0 Å². The van der Waals surface area contributed by atoms with Gasteiger partial charge in [0.2, 0.25) is 0 Å². The predicted molar refractivity (Wildman–Crippen MR) is 87.4 cm³/mol. The summed E-state index contributed by atoms with van der Waals surface area (Å²) in [6.07, 6.45) is 0. The van der Waals surface area contributed by atoms with Gasteiger partial charge in [0.25, 0.3) is 0 Å². The number of halogens is 2. The van der Waals surface area contributed by atoms with E-state index in [1.807, 2.05) is 41.8 Å². The van der Waals surface area contributed by atoms with Gasteiger partial charge in [-0.3, -0.25) is 0 Å². The van der Waals surface area contributed by atoms with Gasteiger partial charge in [-0.2, -0.15) is 0 Å². The van der Waals surface area contributed by atoms with E-state index in [1.165, 1.54) is 0 Å². The van der Waals surface area contributed by atoms with Gasteiger partial charge < -0.3 is 5.73 Å². The normalized spacial score (nSPS) is 10.7. The van der Waals surface area contributed by atoms with E-state index in [0.717, 1.165) is 27.5 Å². The largest absolute Gasteiger partial charge is 0.399 e. The maximum absolute atomic E-state index is 6.02. The van der Waals surface area contributed by atoms with Crippen LogP contribution in [0.25, 0.3) is 21.8 Å². The molecule has 0 spiro atoms. The number of aromatic nitrogens is 1. The Kier molecular flexibility index (Phi) is 3.66. The van der Waals surface area contributed by atoms with E-state index < -0.39 is 0 Å². The molecule has 0 atom stereocenters. The summed E-state index contributed by atoms with van der Waals surface area (Å²) in [4.78, 5) is 4.62. The van der Waals surface area contributed by atoms with Crippen molar-refractivity contribution in [2.24, 2.45) is 0 Å². The average Bonchev–Trinajstić information content (AvgIpc) is 2.88. The topological polar surface area (TPSA) is 38.9 Å². The molecule has 1 aromatic heterocycles. The molecule has 1 heterocycles. The quantitative estimate of drug-likeness (QED) is 0.645. The van der Waals surface area contributed by atoms with Crippen molar-refractivity contribution >= 4 is 40.2 Å². The lowest BCUT2D eigenvalue weighted by Gasteiger charge is -2.00. The Labute approximate surface area is 130 Å². The summed E-state index contributed by atoms with van der Waals surface area (Å²) in [5, 5.41) is 4.12. The lowest BCUT2D eigenvalue weighted by Crippen LogP contribution is -1.84. The minimum atomic E-state index is 0.608. The van der Waals surface area contributed by atoms with Crippen molar-refractivity contribution in [3.05, 3.63) is 57.9 Å². The molecule has 3 rings (SSSR count). The second kappa shape index (κ2) is 5.44. The van der Waals surface area contributed by atoms with Crippen LogP contribution in [0, 0.1) is 0 Å². The van der Waals surface area contributed by atoms with Crippen LogP contribution >= 0.6 is 34.5 Å². The zero-order valence-corrected chi connectivity index (χ0v) is 12.6. The summed E-state index contributed by atoms with van der Waals surface area (Å²) in [5.74, 6) is 0.